The fraction of sp³-hybridized carbons (Fsp3) is 0.0526. The van der Waals surface area contributed by atoms with Crippen molar-refractivity contribution in [2.24, 2.45) is 0 Å². The summed E-state index contributed by atoms with van der Waals surface area (Å²) in [7, 11) is 0. The van der Waals surface area contributed by atoms with Crippen LogP contribution in [-0.2, 0) is 6.42 Å². The van der Waals surface area contributed by atoms with E-state index < -0.39 is 11.6 Å². The second kappa shape index (κ2) is 7.10. The number of nitrogens with one attached hydrogen (secondary N) is 1. The van der Waals surface area contributed by atoms with Gasteiger partial charge in [-0.3, -0.25) is 0 Å². The molecule has 0 fully saturated rings. The standard InChI is InChI=1S/C19H10BrF2N3OS/c20-17-9-27-18(25-17)6-13-12-3-4-24-16(12)7-15(22)19(13)26-11-1-2-14(21)10(5-11)8-23/h1-5,7,9,24H,6H2. The molecule has 4 rings (SSSR count). The smallest absolute Gasteiger partial charge is 0.168 e. The molecule has 134 valence electrons. The van der Waals surface area contributed by atoms with Gasteiger partial charge in [0.05, 0.1) is 10.6 Å². The summed E-state index contributed by atoms with van der Waals surface area (Å²) >= 11 is 4.76. The van der Waals surface area contributed by atoms with E-state index in [1.807, 2.05) is 11.4 Å². The molecule has 2 heterocycles. The van der Waals surface area contributed by atoms with Gasteiger partial charge in [0.1, 0.15) is 22.2 Å². The molecule has 1 N–H and O–H groups in total. The van der Waals surface area contributed by atoms with Crippen molar-refractivity contribution < 1.29 is 13.5 Å². The Bertz CT molecular complexity index is 1200. The topological polar surface area (TPSA) is 61.7 Å². The van der Waals surface area contributed by atoms with Crippen molar-refractivity contribution in [2.75, 3.05) is 0 Å². The lowest BCUT2D eigenvalue weighted by Crippen LogP contribution is -1.98. The second-order valence-electron chi connectivity index (χ2n) is 5.70. The molecule has 0 saturated heterocycles. The monoisotopic (exact) mass is 445 g/mol. The Morgan fingerprint density at radius 3 is 2.81 bits per heavy atom. The normalized spacial score (nSPS) is 10.9. The average molecular weight is 446 g/mol. The molecule has 0 saturated carbocycles. The van der Waals surface area contributed by atoms with Gasteiger partial charge in [0.2, 0.25) is 0 Å². The molecule has 0 spiro atoms. The highest BCUT2D eigenvalue weighted by molar-refractivity contribution is 9.10. The second-order valence-corrected chi connectivity index (χ2v) is 7.46. The molecule has 0 atom stereocenters. The van der Waals surface area contributed by atoms with E-state index in [1.54, 1.807) is 12.3 Å². The molecule has 0 radical (unpaired) electrons. The molecule has 2 aromatic heterocycles. The molecule has 0 aliphatic rings. The maximum absolute atomic E-state index is 14.8. The van der Waals surface area contributed by atoms with Gasteiger partial charge in [-0.25, -0.2) is 13.8 Å². The van der Waals surface area contributed by atoms with E-state index in [9.17, 15) is 8.78 Å². The van der Waals surface area contributed by atoms with Gasteiger partial charge in [-0.05, 0) is 34.1 Å². The Hall–Kier alpha value is -2.76. The van der Waals surface area contributed by atoms with Crippen LogP contribution in [0.4, 0.5) is 8.78 Å². The summed E-state index contributed by atoms with van der Waals surface area (Å²) in [5.74, 6) is -0.995. The summed E-state index contributed by atoms with van der Waals surface area (Å²) in [6.07, 6.45) is 2.09. The van der Waals surface area contributed by atoms with Crippen LogP contribution >= 0.6 is 27.3 Å². The number of ether oxygens (including phenoxy) is 1. The average Bonchev–Trinajstić information content (AvgIpc) is 3.27. The van der Waals surface area contributed by atoms with Crippen molar-refractivity contribution in [3.63, 3.8) is 0 Å². The van der Waals surface area contributed by atoms with Crippen LogP contribution in [0.1, 0.15) is 16.1 Å². The van der Waals surface area contributed by atoms with Crippen molar-refractivity contribution in [1.82, 2.24) is 9.97 Å². The Morgan fingerprint density at radius 1 is 1.22 bits per heavy atom. The van der Waals surface area contributed by atoms with Gasteiger partial charge < -0.3 is 9.72 Å². The number of benzene rings is 2. The van der Waals surface area contributed by atoms with E-state index in [0.717, 1.165) is 16.5 Å². The van der Waals surface area contributed by atoms with Crippen LogP contribution < -0.4 is 4.74 Å². The summed E-state index contributed by atoms with van der Waals surface area (Å²) in [5, 5.41) is 12.4. The summed E-state index contributed by atoms with van der Waals surface area (Å²) in [6, 6.07) is 8.67. The van der Waals surface area contributed by atoms with Crippen LogP contribution in [0.2, 0.25) is 0 Å². The number of aromatic nitrogens is 2. The number of hydrogen-bond donors (Lipinski definition) is 1. The molecule has 27 heavy (non-hydrogen) atoms. The number of rotatable bonds is 4. The molecular formula is C19H10BrF2N3OS. The van der Waals surface area contributed by atoms with Crippen LogP contribution in [0, 0.1) is 23.0 Å². The first-order valence-electron chi connectivity index (χ1n) is 7.81. The minimum absolute atomic E-state index is 0.0314. The molecule has 0 bridgehead atoms. The van der Waals surface area contributed by atoms with Crippen molar-refractivity contribution in [1.29, 1.82) is 5.26 Å². The van der Waals surface area contributed by atoms with E-state index in [4.69, 9.17) is 10.00 Å². The lowest BCUT2D eigenvalue weighted by Gasteiger charge is -2.13. The van der Waals surface area contributed by atoms with E-state index >= 15 is 0 Å². The van der Waals surface area contributed by atoms with Gasteiger partial charge in [-0.15, -0.1) is 11.3 Å². The number of hydrogen-bond acceptors (Lipinski definition) is 4. The van der Waals surface area contributed by atoms with Crippen LogP contribution in [0.5, 0.6) is 11.5 Å². The first-order valence-corrected chi connectivity index (χ1v) is 9.48. The molecule has 0 amide bonds. The van der Waals surface area contributed by atoms with Gasteiger partial charge >= 0.3 is 0 Å². The molecule has 2 aromatic carbocycles. The zero-order chi connectivity index (χ0) is 19.0. The lowest BCUT2D eigenvalue weighted by molar-refractivity contribution is 0.437. The van der Waals surface area contributed by atoms with Crippen LogP contribution in [0.25, 0.3) is 10.9 Å². The van der Waals surface area contributed by atoms with Gasteiger partial charge in [0.15, 0.2) is 11.6 Å². The predicted octanol–water partition coefficient (Wildman–Crippen LogP) is 5.92. The highest BCUT2D eigenvalue weighted by atomic mass is 79.9. The number of aromatic amines is 1. The minimum Gasteiger partial charge on any atom is -0.454 e. The fourth-order valence-corrected chi connectivity index (χ4v) is 4.08. The number of nitriles is 1. The van der Waals surface area contributed by atoms with Crippen LogP contribution in [-0.4, -0.2) is 9.97 Å². The van der Waals surface area contributed by atoms with E-state index in [2.05, 4.69) is 25.9 Å². The maximum atomic E-state index is 14.8. The third-order valence-electron chi connectivity index (χ3n) is 4.00. The highest BCUT2D eigenvalue weighted by Gasteiger charge is 2.19. The largest absolute Gasteiger partial charge is 0.454 e. The van der Waals surface area contributed by atoms with E-state index in [-0.39, 0.29) is 17.1 Å². The number of thiazole rings is 1. The third-order valence-corrected chi connectivity index (χ3v) is 5.55. The van der Waals surface area contributed by atoms with Crippen molar-refractivity contribution in [3.05, 3.63) is 74.3 Å². The summed E-state index contributed by atoms with van der Waals surface area (Å²) in [6.45, 7) is 0. The van der Waals surface area contributed by atoms with Gasteiger partial charge in [-0.1, -0.05) is 0 Å². The van der Waals surface area contributed by atoms with Crippen molar-refractivity contribution in [3.8, 4) is 17.6 Å². The number of H-pyrrole nitrogens is 1. The number of nitrogens with zero attached hydrogens (tertiary/aromatic N) is 2. The Kier molecular flexibility index (Phi) is 4.64. The van der Waals surface area contributed by atoms with Crippen LogP contribution in [0.3, 0.4) is 0 Å². The number of fused-ring (bicyclic) bond motifs is 1. The summed E-state index contributed by atoms with van der Waals surface area (Å²) in [5.41, 5.74) is 1.10. The van der Waals surface area contributed by atoms with Gasteiger partial charge in [0, 0.05) is 46.6 Å². The van der Waals surface area contributed by atoms with Crippen molar-refractivity contribution in [2.45, 2.75) is 6.42 Å². The van der Waals surface area contributed by atoms with Gasteiger partial charge in [0.25, 0.3) is 0 Å². The Morgan fingerprint density at radius 2 is 2.07 bits per heavy atom. The first-order chi connectivity index (χ1) is 13.0. The molecule has 0 aliphatic heterocycles. The third kappa shape index (κ3) is 3.44. The Balaban J connectivity index is 1.82. The summed E-state index contributed by atoms with van der Waals surface area (Å²) in [4.78, 5) is 7.36. The first kappa shape index (κ1) is 17.6. The van der Waals surface area contributed by atoms with E-state index in [0.29, 0.717) is 22.1 Å². The molecular weight excluding hydrogens is 436 g/mol. The summed E-state index contributed by atoms with van der Waals surface area (Å²) < 4.78 is 34.8. The SMILES string of the molecule is N#Cc1cc(Oc2c(F)cc3[nH]ccc3c2Cc2nc(Br)cs2)ccc1F. The van der Waals surface area contributed by atoms with Crippen molar-refractivity contribution >= 4 is 38.2 Å². The van der Waals surface area contributed by atoms with E-state index in [1.165, 1.54) is 29.5 Å². The zero-order valence-electron chi connectivity index (χ0n) is 13.6. The van der Waals surface area contributed by atoms with Gasteiger partial charge in [-0.2, -0.15) is 5.26 Å². The molecule has 0 aliphatic carbocycles. The Labute approximate surface area is 165 Å². The number of halogens is 3. The van der Waals surface area contributed by atoms with Crippen LogP contribution in [0.15, 0.2) is 46.5 Å². The molecule has 8 heteroatoms. The zero-order valence-corrected chi connectivity index (χ0v) is 16.0. The highest BCUT2D eigenvalue weighted by Crippen LogP contribution is 2.36. The molecule has 4 aromatic rings. The lowest BCUT2D eigenvalue weighted by atomic mass is 10.1. The molecule has 0 unspecified atom stereocenters. The maximum Gasteiger partial charge on any atom is 0.168 e. The predicted molar refractivity (Wildman–Crippen MR) is 102 cm³/mol. The quantitative estimate of drug-likeness (QED) is 0.423. The minimum atomic E-state index is -0.653. The molecule has 4 nitrogen and oxygen atoms in total. The fourth-order valence-electron chi connectivity index (χ4n) is 2.80.